The Morgan fingerprint density at radius 3 is 2.40 bits per heavy atom. The number of aromatic nitrogens is 1. The molecular weight excluding hydrogens is 455 g/mol. The minimum atomic E-state index is -1.40. The molecule has 1 aliphatic rings. The van der Waals surface area contributed by atoms with Crippen LogP contribution in [0.15, 0.2) is 60.9 Å². The van der Waals surface area contributed by atoms with Gasteiger partial charge in [0.15, 0.2) is 11.6 Å². The lowest BCUT2D eigenvalue weighted by Crippen LogP contribution is -2.36. The van der Waals surface area contributed by atoms with Crippen molar-refractivity contribution in [1.29, 1.82) is 0 Å². The van der Waals surface area contributed by atoms with Crippen LogP contribution in [0.4, 0.5) is 4.39 Å². The summed E-state index contributed by atoms with van der Waals surface area (Å²) in [4.78, 5) is 26.5. The molecule has 2 heterocycles. The number of primary amides is 1. The first-order chi connectivity index (χ1) is 16.8. The van der Waals surface area contributed by atoms with E-state index in [0.29, 0.717) is 11.1 Å². The van der Waals surface area contributed by atoms with Gasteiger partial charge >= 0.3 is 0 Å². The van der Waals surface area contributed by atoms with Crippen LogP contribution in [0.1, 0.15) is 44.4 Å². The number of nitrogens with zero attached hydrogens (tertiary/aromatic N) is 1. The number of methoxy groups -OCH3 is 1. The zero-order valence-corrected chi connectivity index (χ0v) is 19.1. The van der Waals surface area contributed by atoms with E-state index in [0.717, 1.165) is 19.5 Å². The molecule has 3 aromatic rings. The van der Waals surface area contributed by atoms with Gasteiger partial charge < -0.3 is 31.3 Å². The Hall–Kier alpha value is -4.02. The van der Waals surface area contributed by atoms with Crippen molar-refractivity contribution in [3.63, 3.8) is 0 Å². The Labute approximate surface area is 201 Å². The van der Waals surface area contributed by atoms with Crippen LogP contribution in [0.25, 0.3) is 0 Å². The number of hydrogen-bond donors (Lipinski definition) is 5. The highest BCUT2D eigenvalue weighted by molar-refractivity contribution is 5.94. The number of aliphatic hydroxyl groups excluding tert-OH is 1. The molecule has 9 nitrogen and oxygen atoms in total. The van der Waals surface area contributed by atoms with E-state index >= 15 is 0 Å². The Kier molecular flexibility index (Phi) is 8.71. The van der Waals surface area contributed by atoms with Gasteiger partial charge in [-0.3, -0.25) is 14.6 Å². The lowest BCUT2D eigenvalue weighted by Gasteiger charge is -2.16. The molecule has 0 radical (unpaired) electrons. The fourth-order valence-electron chi connectivity index (χ4n) is 3.53. The van der Waals surface area contributed by atoms with Crippen LogP contribution in [-0.2, 0) is 0 Å². The quantitative estimate of drug-likeness (QED) is 0.361. The van der Waals surface area contributed by atoms with Crippen LogP contribution >= 0.6 is 0 Å². The summed E-state index contributed by atoms with van der Waals surface area (Å²) in [7, 11) is 1.28. The number of phenolic OH excluding ortho intramolecular Hbond substituents is 1. The highest BCUT2D eigenvalue weighted by atomic mass is 19.1. The third-order valence-corrected chi connectivity index (χ3v) is 5.46. The van der Waals surface area contributed by atoms with Crippen molar-refractivity contribution in [3.05, 3.63) is 89.0 Å². The van der Waals surface area contributed by atoms with E-state index in [1.807, 2.05) is 0 Å². The fourth-order valence-corrected chi connectivity index (χ4v) is 3.53. The van der Waals surface area contributed by atoms with Gasteiger partial charge in [0.2, 0.25) is 5.91 Å². The summed E-state index contributed by atoms with van der Waals surface area (Å²) in [5.41, 5.74) is 6.07. The molecule has 1 saturated heterocycles. The number of nitrogens with one attached hydrogen (secondary N) is 2. The molecule has 1 unspecified atom stereocenters. The van der Waals surface area contributed by atoms with Gasteiger partial charge in [-0.1, -0.05) is 12.1 Å². The maximum absolute atomic E-state index is 14.2. The largest absolute Gasteiger partial charge is 0.507 e. The molecule has 4 rings (SSSR count). The predicted octanol–water partition coefficient (Wildman–Crippen LogP) is 1.89. The van der Waals surface area contributed by atoms with E-state index in [1.165, 1.54) is 43.5 Å². The van der Waals surface area contributed by atoms with Gasteiger partial charge in [-0.25, -0.2) is 4.39 Å². The van der Waals surface area contributed by atoms with Crippen molar-refractivity contribution in [2.75, 3.05) is 20.2 Å². The number of halogens is 1. The van der Waals surface area contributed by atoms with Gasteiger partial charge in [-0.15, -0.1) is 0 Å². The minimum absolute atomic E-state index is 0.0129. The molecule has 1 fully saturated rings. The van der Waals surface area contributed by atoms with Crippen LogP contribution in [0.3, 0.4) is 0 Å². The standard InChI is InChI=1S/C15H14FNO4.C10H13N3O/c1-21-11-7-6-10(18)12(13(11)16)14(19)8-2-4-9(5-3-8)15(17)20;14-10(8-1-4-11-5-2-8)13-9-3-6-12-7-9/h2-7,14,18-19H,1H3,(H2,17,20);1-2,4-5,9,12H,3,6-7H2,(H,13,14)/t;9-/m.0/s1. The van der Waals surface area contributed by atoms with Gasteiger partial charge in [0.05, 0.1) is 12.7 Å². The number of amides is 2. The fraction of sp³-hybridized carbons (Fsp3) is 0.240. The summed E-state index contributed by atoms with van der Waals surface area (Å²) in [6.07, 6.45) is 2.86. The van der Waals surface area contributed by atoms with Crippen LogP contribution in [-0.4, -0.2) is 53.3 Å². The number of benzene rings is 2. The normalized spacial score (nSPS) is 15.5. The lowest BCUT2D eigenvalue weighted by molar-refractivity contribution is 0.0938. The molecule has 184 valence electrons. The number of carbonyl (C=O) groups is 2. The molecule has 2 aromatic carbocycles. The van der Waals surface area contributed by atoms with Crippen molar-refractivity contribution in [2.24, 2.45) is 5.73 Å². The molecule has 2 atom stereocenters. The van der Waals surface area contributed by atoms with Crippen molar-refractivity contribution < 1.29 is 28.9 Å². The first-order valence-electron chi connectivity index (χ1n) is 10.9. The molecule has 0 bridgehead atoms. The SMILES string of the molecule is COc1ccc(O)c(C(O)c2ccc(C(N)=O)cc2)c1F.O=C(N[C@H]1CCNC1)c1ccncc1. The third-order valence-electron chi connectivity index (χ3n) is 5.46. The van der Waals surface area contributed by atoms with E-state index in [4.69, 9.17) is 10.5 Å². The molecule has 0 aliphatic carbocycles. The average molecular weight is 483 g/mol. The molecule has 2 amide bonds. The van der Waals surface area contributed by atoms with Crippen LogP contribution in [0.2, 0.25) is 0 Å². The second kappa shape index (κ2) is 11.9. The van der Waals surface area contributed by atoms with E-state index in [1.54, 1.807) is 24.5 Å². The molecule has 1 aliphatic heterocycles. The second-order valence-electron chi connectivity index (χ2n) is 7.80. The zero-order chi connectivity index (χ0) is 25.4. The highest BCUT2D eigenvalue weighted by Gasteiger charge is 2.22. The van der Waals surface area contributed by atoms with Gasteiger partial charge in [0.25, 0.3) is 5.91 Å². The predicted molar refractivity (Wildman–Crippen MR) is 127 cm³/mol. The number of ether oxygens (including phenoxy) is 1. The summed E-state index contributed by atoms with van der Waals surface area (Å²) >= 11 is 0. The Morgan fingerprint density at radius 2 is 1.83 bits per heavy atom. The molecule has 0 saturated carbocycles. The number of carbonyl (C=O) groups excluding carboxylic acids is 2. The Balaban J connectivity index is 0.000000211. The summed E-state index contributed by atoms with van der Waals surface area (Å²) in [6.45, 7) is 1.86. The number of phenols is 1. The van der Waals surface area contributed by atoms with Crippen LogP contribution in [0, 0.1) is 5.82 Å². The van der Waals surface area contributed by atoms with E-state index in [9.17, 15) is 24.2 Å². The van der Waals surface area contributed by atoms with E-state index in [-0.39, 0.29) is 34.6 Å². The second-order valence-corrected chi connectivity index (χ2v) is 7.80. The monoisotopic (exact) mass is 482 g/mol. The van der Waals surface area contributed by atoms with Gasteiger partial charge in [-0.05, 0) is 54.9 Å². The molecular formula is C25H27FN4O5. The molecule has 0 spiro atoms. The smallest absolute Gasteiger partial charge is 0.251 e. The number of aromatic hydroxyl groups is 1. The maximum Gasteiger partial charge on any atom is 0.251 e. The van der Waals surface area contributed by atoms with Crippen LogP contribution in [0.5, 0.6) is 11.5 Å². The molecule has 35 heavy (non-hydrogen) atoms. The summed E-state index contributed by atoms with van der Waals surface area (Å²) < 4.78 is 19.0. The Morgan fingerprint density at radius 1 is 1.14 bits per heavy atom. The molecule has 6 N–H and O–H groups in total. The minimum Gasteiger partial charge on any atom is -0.507 e. The Bertz CT molecular complexity index is 1150. The third kappa shape index (κ3) is 6.52. The number of hydrogen-bond acceptors (Lipinski definition) is 7. The summed E-state index contributed by atoms with van der Waals surface area (Å²) in [5.74, 6) is -1.94. The zero-order valence-electron chi connectivity index (χ0n) is 19.1. The van der Waals surface area contributed by atoms with Crippen molar-refractivity contribution in [3.8, 4) is 11.5 Å². The summed E-state index contributed by atoms with van der Waals surface area (Å²) in [6, 6.07) is 11.9. The molecule has 1 aromatic heterocycles. The first kappa shape index (κ1) is 25.6. The van der Waals surface area contributed by atoms with Crippen molar-refractivity contribution in [2.45, 2.75) is 18.6 Å². The summed E-state index contributed by atoms with van der Waals surface area (Å²) in [5, 5.41) is 26.2. The van der Waals surface area contributed by atoms with Gasteiger partial charge in [-0.2, -0.15) is 0 Å². The highest BCUT2D eigenvalue weighted by Crippen LogP contribution is 2.35. The number of nitrogens with two attached hydrogens (primary N) is 1. The van der Waals surface area contributed by atoms with Crippen molar-refractivity contribution in [1.82, 2.24) is 15.6 Å². The van der Waals surface area contributed by atoms with Crippen molar-refractivity contribution >= 4 is 11.8 Å². The molecule has 10 heteroatoms. The first-order valence-corrected chi connectivity index (χ1v) is 10.9. The van der Waals surface area contributed by atoms with E-state index < -0.39 is 17.8 Å². The van der Waals surface area contributed by atoms with Gasteiger partial charge in [0, 0.05) is 36.1 Å². The lowest BCUT2D eigenvalue weighted by atomic mass is 9.98. The topological polar surface area (TPSA) is 147 Å². The van der Waals surface area contributed by atoms with E-state index in [2.05, 4.69) is 15.6 Å². The number of aliphatic hydroxyl groups is 1. The number of rotatable bonds is 6. The van der Waals surface area contributed by atoms with Gasteiger partial charge in [0.1, 0.15) is 11.9 Å². The average Bonchev–Trinajstić information content (AvgIpc) is 3.38. The maximum atomic E-state index is 14.2. The van der Waals surface area contributed by atoms with Crippen LogP contribution < -0.4 is 21.1 Å². The number of pyridine rings is 1.